The summed E-state index contributed by atoms with van der Waals surface area (Å²) in [5, 5.41) is 9.80. The van der Waals surface area contributed by atoms with E-state index in [0.717, 1.165) is 12.0 Å². The van der Waals surface area contributed by atoms with Crippen LogP contribution in [-0.4, -0.2) is 71.6 Å². The van der Waals surface area contributed by atoms with E-state index in [0.29, 0.717) is 30.3 Å². The number of aliphatic hydroxyl groups excluding tert-OH is 1. The maximum absolute atomic E-state index is 13.6. The highest BCUT2D eigenvalue weighted by Crippen LogP contribution is 2.34. The SMILES string of the molecule is CC(C)CC#Cc1ccc2c(c1)O[C@H](CN(C)Cc1cncnc1)[C@@H](C)CN([C@@H](C)CO)S2(=O)=O. The summed E-state index contributed by atoms with van der Waals surface area (Å²) in [6, 6.07) is 4.45. The lowest BCUT2D eigenvalue weighted by molar-refractivity contribution is 0.0733. The van der Waals surface area contributed by atoms with Gasteiger partial charge in [0.1, 0.15) is 23.1 Å². The van der Waals surface area contributed by atoms with Gasteiger partial charge in [0.2, 0.25) is 10.0 Å². The Morgan fingerprint density at radius 1 is 1.26 bits per heavy atom. The molecule has 2 heterocycles. The second-order valence-corrected chi connectivity index (χ2v) is 11.6. The molecule has 0 unspecified atom stereocenters. The van der Waals surface area contributed by atoms with Crippen molar-refractivity contribution >= 4 is 10.0 Å². The summed E-state index contributed by atoms with van der Waals surface area (Å²) < 4.78 is 35.0. The van der Waals surface area contributed by atoms with Gasteiger partial charge in [-0.3, -0.25) is 4.90 Å². The molecule has 1 aromatic heterocycles. The molecule has 1 aliphatic rings. The Morgan fingerprint density at radius 2 is 1.97 bits per heavy atom. The first-order valence-electron chi connectivity index (χ1n) is 12.0. The lowest BCUT2D eigenvalue weighted by Gasteiger charge is -2.37. The fourth-order valence-electron chi connectivity index (χ4n) is 3.97. The molecule has 0 aliphatic carbocycles. The summed E-state index contributed by atoms with van der Waals surface area (Å²) in [5.41, 5.74) is 1.69. The monoisotopic (exact) mass is 500 g/mol. The van der Waals surface area contributed by atoms with E-state index in [1.54, 1.807) is 37.5 Å². The van der Waals surface area contributed by atoms with E-state index in [-0.39, 0.29) is 30.1 Å². The minimum atomic E-state index is -3.87. The minimum Gasteiger partial charge on any atom is -0.487 e. The van der Waals surface area contributed by atoms with Gasteiger partial charge < -0.3 is 9.84 Å². The number of aliphatic hydroxyl groups is 1. The van der Waals surface area contributed by atoms with Crippen molar-refractivity contribution in [3.63, 3.8) is 0 Å². The highest BCUT2D eigenvalue weighted by Gasteiger charge is 2.38. The van der Waals surface area contributed by atoms with Crippen molar-refractivity contribution in [1.82, 2.24) is 19.2 Å². The summed E-state index contributed by atoms with van der Waals surface area (Å²) in [6.07, 6.45) is 5.53. The number of hydrogen-bond acceptors (Lipinski definition) is 7. The normalized spacial score (nSPS) is 20.8. The van der Waals surface area contributed by atoms with Crippen LogP contribution in [0, 0.1) is 23.7 Å². The molecule has 0 bridgehead atoms. The lowest BCUT2D eigenvalue weighted by Crippen LogP contribution is -2.49. The van der Waals surface area contributed by atoms with E-state index in [1.165, 1.54) is 10.6 Å². The molecule has 0 fully saturated rings. The Labute approximate surface area is 209 Å². The van der Waals surface area contributed by atoms with E-state index in [9.17, 15) is 13.5 Å². The molecule has 3 rings (SSSR count). The average molecular weight is 501 g/mol. The second-order valence-electron chi connectivity index (χ2n) is 9.74. The van der Waals surface area contributed by atoms with Gasteiger partial charge in [-0.15, -0.1) is 0 Å². The maximum atomic E-state index is 13.6. The molecule has 0 spiro atoms. The van der Waals surface area contributed by atoms with Gasteiger partial charge in [0.15, 0.2) is 0 Å². The molecule has 8 nitrogen and oxygen atoms in total. The molecular formula is C26H36N4O4S. The fourth-order valence-corrected chi connectivity index (χ4v) is 5.80. The third-order valence-electron chi connectivity index (χ3n) is 5.97. The van der Waals surface area contributed by atoms with Crippen molar-refractivity contribution in [3.05, 3.63) is 48.0 Å². The van der Waals surface area contributed by atoms with Gasteiger partial charge in [0.25, 0.3) is 0 Å². The maximum Gasteiger partial charge on any atom is 0.247 e. The Bertz CT molecular complexity index is 1140. The van der Waals surface area contributed by atoms with Crippen LogP contribution in [0.15, 0.2) is 41.8 Å². The van der Waals surface area contributed by atoms with E-state index in [2.05, 4.69) is 40.6 Å². The molecule has 0 saturated carbocycles. The molecule has 9 heteroatoms. The Morgan fingerprint density at radius 3 is 2.63 bits per heavy atom. The van der Waals surface area contributed by atoms with Crippen LogP contribution in [0.2, 0.25) is 0 Å². The minimum absolute atomic E-state index is 0.100. The largest absolute Gasteiger partial charge is 0.487 e. The molecule has 190 valence electrons. The number of nitrogens with zero attached hydrogens (tertiary/aromatic N) is 4. The van der Waals surface area contributed by atoms with Crippen molar-refractivity contribution in [2.45, 2.75) is 57.7 Å². The van der Waals surface area contributed by atoms with Gasteiger partial charge in [0, 0.05) is 61.5 Å². The molecule has 2 aromatic rings. The Hall–Kier alpha value is -2.51. The van der Waals surface area contributed by atoms with Crippen LogP contribution in [-0.2, 0) is 16.6 Å². The number of aromatic nitrogens is 2. The summed E-state index contributed by atoms with van der Waals surface area (Å²) in [5.74, 6) is 6.90. The molecule has 0 saturated heterocycles. The number of sulfonamides is 1. The Balaban J connectivity index is 1.97. The first kappa shape index (κ1) is 27.1. The summed E-state index contributed by atoms with van der Waals surface area (Å²) in [4.78, 5) is 10.4. The Kier molecular flexibility index (Phi) is 9.25. The quantitative estimate of drug-likeness (QED) is 0.584. The highest BCUT2D eigenvalue weighted by molar-refractivity contribution is 7.89. The van der Waals surface area contributed by atoms with Crippen LogP contribution >= 0.6 is 0 Å². The van der Waals surface area contributed by atoms with E-state index in [1.807, 2.05) is 14.0 Å². The standard InChI is InChI=1S/C26H36N4O4S/c1-19(2)7-6-8-22-9-10-26-24(11-22)34-25(16-29(5)15-23-12-27-18-28-13-23)20(3)14-30(21(4)17-31)35(26,32)33/h9-13,18-21,25,31H,7,14-17H2,1-5H3/t20-,21-,25+/m0/s1. The fraction of sp³-hybridized carbons (Fsp3) is 0.538. The van der Waals surface area contributed by atoms with E-state index in [4.69, 9.17) is 4.74 Å². The van der Waals surface area contributed by atoms with Gasteiger partial charge in [-0.1, -0.05) is 32.6 Å². The van der Waals surface area contributed by atoms with Gasteiger partial charge >= 0.3 is 0 Å². The van der Waals surface area contributed by atoms with Gasteiger partial charge in [0.05, 0.1) is 6.61 Å². The number of benzene rings is 1. The number of likely N-dealkylation sites (N-methyl/N-ethyl adjacent to an activating group) is 1. The van der Waals surface area contributed by atoms with Crippen molar-refractivity contribution in [2.75, 3.05) is 26.7 Å². The van der Waals surface area contributed by atoms with Crippen molar-refractivity contribution < 1.29 is 18.3 Å². The third-order valence-corrected chi connectivity index (χ3v) is 7.99. The van der Waals surface area contributed by atoms with Gasteiger partial charge in [-0.25, -0.2) is 18.4 Å². The number of rotatable bonds is 7. The zero-order valence-electron chi connectivity index (χ0n) is 21.2. The van der Waals surface area contributed by atoms with Crippen LogP contribution in [0.5, 0.6) is 5.75 Å². The van der Waals surface area contributed by atoms with Crippen LogP contribution in [0.25, 0.3) is 0 Å². The van der Waals surface area contributed by atoms with E-state index >= 15 is 0 Å². The molecule has 3 atom stereocenters. The lowest BCUT2D eigenvalue weighted by atomic mass is 10.0. The predicted molar refractivity (Wildman–Crippen MR) is 135 cm³/mol. The molecule has 1 aromatic carbocycles. The number of hydrogen-bond donors (Lipinski definition) is 1. The summed E-state index contributed by atoms with van der Waals surface area (Å²) in [7, 11) is -1.88. The van der Waals surface area contributed by atoms with Gasteiger partial charge in [-0.2, -0.15) is 4.31 Å². The van der Waals surface area contributed by atoms with Crippen molar-refractivity contribution in [3.8, 4) is 17.6 Å². The molecular weight excluding hydrogens is 464 g/mol. The van der Waals surface area contributed by atoms with Crippen LogP contribution < -0.4 is 4.74 Å². The van der Waals surface area contributed by atoms with E-state index < -0.39 is 16.1 Å². The van der Waals surface area contributed by atoms with Crippen molar-refractivity contribution in [2.24, 2.45) is 11.8 Å². The number of ether oxygens (including phenoxy) is 1. The molecule has 35 heavy (non-hydrogen) atoms. The van der Waals surface area contributed by atoms with Crippen LogP contribution in [0.1, 0.15) is 45.2 Å². The number of fused-ring (bicyclic) bond motifs is 1. The first-order chi connectivity index (χ1) is 16.6. The molecule has 1 N–H and O–H groups in total. The zero-order valence-corrected chi connectivity index (χ0v) is 22.0. The third kappa shape index (κ3) is 7.01. The topological polar surface area (TPSA) is 95.9 Å². The van der Waals surface area contributed by atoms with Crippen molar-refractivity contribution in [1.29, 1.82) is 0 Å². The molecule has 1 aliphatic heterocycles. The molecule has 0 radical (unpaired) electrons. The molecule has 0 amide bonds. The smallest absolute Gasteiger partial charge is 0.247 e. The first-order valence-corrected chi connectivity index (χ1v) is 13.4. The second kappa shape index (κ2) is 12.0. The summed E-state index contributed by atoms with van der Waals surface area (Å²) in [6.45, 7) is 9.09. The zero-order chi connectivity index (χ0) is 25.6. The van der Waals surface area contributed by atoms with Crippen LogP contribution in [0.3, 0.4) is 0 Å². The highest BCUT2D eigenvalue weighted by atomic mass is 32.2. The summed E-state index contributed by atoms with van der Waals surface area (Å²) >= 11 is 0. The van der Waals surface area contributed by atoms with Crippen LogP contribution in [0.4, 0.5) is 0 Å². The predicted octanol–water partition coefficient (Wildman–Crippen LogP) is 2.77. The van der Waals surface area contributed by atoms with Gasteiger partial charge in [-0.05, 0) is 38.1 Å². The average Bonchev–Trinajstić information content (AvgIpc) is 2.81.